The molecule has 1 unspecified atom stereocenters. The molecular formula is C21H26F2N2O3. The summed E-state index contributed by atoms with van der Waals surface area (Å²) in [4.78, 5) is 14.8. The van der Waals surface area contributed by atoms with Crippen molar-refractivity contribution in [1.82, 2.24) is 10.2 Å². The number of methoxy groups -OCH3 is 1. The number of hydrogen-bond acceptors (Lipinski definition) is 4. The van der Waals surface area contributed by atoms with Crippen LogP contribution in [0.5, 0.6) is 11.5 Å². The van der Waals surface area contributed by atoms with Crippen LogP contribution in [0.15, 0.2) is 48.5 Å². The SMILES string of the molecule is CCN(CC)C(CNC(=O)c1ccccc1OC(F)F)c1cccc(OC)c1. The van der Waals surface area contributed by atoms with Crippen molar-refractivity contribution in [2.75, 3.05) is 26.7 Å². The molecule has 1 atom stereocenters. The predicted octanol–water partition coefficient (Wildman–Crippen LogP) is 4.11. The lowest BCUT2D eigenvalue weighted by Crippen LogP contribution is -2.38. The molecule has 5 nitrogen and oxygen atoms in total. The smallest absolute Gasteiger partial charge is 0.387 e. The molecule has 0 bridgehead atoms. The molecule has 0 saturated carbocycles. The number of benzene rings is 2. The Morgan fingerprint density at radius 3 is 2.46 bits per heavy atom. The largest absolute Gasteiger partial charge is 0.497 e. The van der Waals surface area contributed by atoms with E-state index in [1.165, 1.54) is 12.1 Å². The fourth-order valence-electron chi connectivity index (χ4n) is 3.11. The van der Waals surface area contributed by atoms with E-state index in [0.717, 1.165) is 24.4 Å². The van der Waals surface area contributed by atoms with Gasteiger partial charge in [-0.05, 0) is 42.9 Å². The maximum Gasteiger partial charge on any atom is 0.387 e. The second kappa shape index (κ2) is 10.6. The van der Waals surface area contributed by atoms with Gasteiger partial charge in [-0.2, -0.15) is 8.78 Å². The fraction of sp³-hybridized carbons (Fsp3) is 0.381. The first-order valence-electron chi connectivity index (χ1n) is 9.20. The van der Waals surface area contributed by atoms with E-state index in [4.69, 9.17) is 4.74 Å². The van der Waals surface area contributed by atoms with E-state index >= 15 is 0 Å². The summed E-state index contributed by atoms with van der Waals surface area (Å²) in [6.07, 6.45) is 0. The number of carbonyl (C=O) groups excluding carboxylic acids is 1. The lowest BCUT2D eigenvalue weighted by molar-refractivity contribution is -0.0501. The summed E-state index contributed by atoms with van der Waals surface area (Å²) in [7, 11) is 1.60. The third kappa shape index (κ3) is 5.66. The molecule has 0 aliphatic carbocycles. The Labute approximate surface area is 164 Å². The summed E-state index contributed by atoms with van der Waals surface area (Å²) < 4.78 is 35.0. The highest BCUT2D eigenvalue weighted by Crippen LogP contribution is 2.25. The molecule has 1 amide bonds. The minimum atomic E-state index is -2.99. The van der Waals surface area contributed by atoms with Crippen LogP contribution in [0.1, 0.15) is 35.8 Å². The van der Waals surface area contributed by atoms with Crippen molar-refractivity contribution in [2.24, 2.45) is 0 Å². The molecular weight excluding hydrogens is 366 g/mol. The number of carbonyl (C=O) groups is 1. The van der Waals surface area contributed by atoms with Crippen molar-refractivity contribution in [1.29, 1.82) is 0 Å². The summed E-state index contributed by atoms with van der Waals surface area (Å²) in [6.45, 7) is 3.00. The quantitative estimate of drug-likeness (QED) is 0.661. The Hall–Kier alpha value is -2.67. The highest BCUT2D eigenvalue weighted by molar-refractivity contribution is 5.96. The Bertz CT molecular complexity index is 767. The van der Waals surface area contributed by atoms with Gasteiger partial charge in [0.1, 0.15) is 11.5 Å². The van der Waals surface area contributed by atoms with Gasteiger partial charge < -0.3 is 14.8 Å². The lowest BCUT2D eigenvalue weighted by atomic mass is 10.0. The second-order valence-electron chi connectivity index (χ2n) is 6.10. The Morgan fingerprint density at radius 1 is 1.11 bits per heavy atom. The van der Waals surface area contributed by atoms with Crippen LogP contribution in [-0.2, 0) is 0 Å². The van der Waals surface area contributed by atoms with Crippen LogP contribution in [0.3, 0.4) is 0 Å². The third-order valence-electron chi connectivity index (χ3n) is 4.54. The standard InChI is InChI=1S/C21H26F2N2O3/c1-4-25(5-2)18(15-9-8-10-16(13-15)27-3)14-24-20(26)17-11-6-7-12-19(17)28-21(22)23/h6-13,18,21H,4-5,14H2,1-3H3,(H,24,26). The minimum Gasteiger partial charge on any atom is -0.497 e. The number of ether oxygens (including phenoxy) is 2. The first-order valence-corrected chi connectivity index (χ1v) is 9.20. The van der Waals surface area contributed by atoms with Gasteiger partial charge in [-0.1, -0.05) is 38.1 Å². The van der Waals surface area contributed by atoms with E-state index < -0.39 is 12.5 Å². The summed E-state index contributed by atoms with van der Waals surface area (Å²) in [5.41, 5.74) is 1.08. The number of hydrogen-bond donors (Lipinski definition) is 1. The van der Waals surface area contributed by atoms with Gasteiger partial charge in [0, 0.05) is 6.54 Å². The van der Waals surface area contributed by atoms with Gasteiger partial charge in [-0.15, -0.1) is 0 Å². The Balaban J connectivity index is 2.20. The Kier molecular flexibility index (Phi) is 8.19. The monoisotopic (exact) mass is 392 g/mol. The van der Waals surface area contributed by atoms with Gasteiger partial charge in [-0.25, -0.2) is 0 Å². The molecule has 7 heteroatoms. The average molecular weight is 392 g/mol. The molecule has 0 aromatic heterocycles. The maximum atomic E-state index is 12.6. The van der Waals surface area contributed by atoms with Gasteiger partial charge in [0.05, 0.1) is 18.7 Å². The molecule has 28 heavy (non-hydrogen) atoms. The topological polar surface area (TPSA) is 50.8 Å². The van der Waals surface area contributed by atoms with Crippen molar-refractivity contribution in [3.8, 4) is 11.5 Å². The second-order valence-corrected chi connectivity index (χ2v) is 6.10. The highest BCUT2D eigenvalue weighted by atomic mass is 19.3. The molecule has 0 spiro atoms. The van der Waals surface area contributed by atoms with Crippen LogP contribution < -0.4 is 14.8 Å². The molecule has 152 valence electrons. The summed E-state index contributed by atoms with van der Waals surface area (Å²) in [6, 6.07) is 13.6. The first kappa shape index (κ1) is 21.6. The third-order valence-corrected chi connectivity index (χ3v) is 4.54. The normalized spacial score (nSPS) is 12.1. The van der Waals surface area contributed by atoms with Gasteiger partial charge in [0.25, 0.3) is 5.91 Å². The summed E-state index contributed by atoms with van der Waals surface area (Å²) >= 11 is 0. The van der Waals surface area contributed by atoms with Gasteiger partial charge in [-0.3, -0.25) is 9.69 Å². The van der Waals surface area contributed by atoms with E-state index in [1.54, 1.807) is 19.2 Å². The molecule has 0 radical (unpaired) electrons. The highest BCUT2D eigenvalue weighted by Gasteiger charge is 2.21. The number of rotatable bonds is 10. The van der Waals surface area contributed by atoms with Crippen LogP contribution >= 0.6 is 0 Å². The van der Waals surface area contributed by atoms with Gasteiger partial charge in [0.15, 0.2) is 0 Å². The zero-order valence-corrected chi connectivity index (χ0v) is 16.3. The van der Waals surface area contributed by atoms with Crippen LogP contribution in [0.2, 0.25) is 0 Å². The van der Waals surface area contributed by atoms with Crippen molar-refractivity contribution < 1.29 is 23.0 Å². The van der Waals surface area contributed by atoms with Crippen molar-refractivity contribution in [2.45, 2.75) is 26.5 Å². The van der Waals surface area contributed by atoms with Crippen LogP contribution in [0.25, 0.3) is 0 Å². The molecule has 0 fully saturated rings. The number of halogens is 2. The van der Waals surface area contributed by atoms with E-state index in [0.29, 0.717) is 6.54 Å². The number of amides is 1. The van der Waals surface area contributed by atoms with Crippen LogP contribution in [0.4, 0.5) is 8.78 Å². The van der Waals surface area contributed by atoms with Crippen molar-refractivity contribution in [3.63, 3.8) is 0 Å². The fourth-order valence-corrected chi connectivity index (χ4v) is 3.11. The first-order chi connectivity index (χ1) is 13.5. The molecule has 2 rings (SSSR count). The van der Waals surface area contributed by atoms with Crippen molar-refractivity contribution in [3.05, 3.63) is 59.7 Å². The van der Waals surface area contributed by atoms with Gasteiger partial charge >= 0.3 is 6.61 Å². The summed E-state index contributed by atoms with van der Waals surface area (Å²) in [5, 5.41) is 2.85. The van der Waals surface area contributed by atoms with Crippen LogP contribution in [0, 0.1) is 0 Å². The minimum absolute atomic E-state index is 0.0757. The zero-order chi connectivity index (χ0) is 20.5. The molecule has 1 N–H and O–H groups in total. The average Bonchev–Trinajstić information content (AvgIpc) is 2.71. The molecule has 0 heterocycles. The number of alkyl halides is 2. The number of nitrogens with one attached hydrogen (secondary N) is 1. The number of nitrogens with zero attached hydrogens (tertiary/aromatic N) is 1. The lowest BCUT2D eigenvalue weighted by Gasteiger charge is -2.30. The molecule has 2 aromatic carbocycles. The van der Waals surface area contributed by atoms with E-state index in [2.05, 4.69) is 15.0 Å². The van der Waals surface area contributed by atoms with E-state index in [1.807, 2.05) is 38.1 Å². The maximum absolute atomic E-state index is 12.6. The van der Waals surface area contributed by atoms with E-state index in [-0.39, 0.29) is 17.4 Å². The van der Waals surface area contributed by atoms with Gasteiger partial charge in [0.2, 0.25) is 0 Å². The molecule has 2 aromatic rings. The van der Waals surface area contributed by atoms with Crippen LogP contribution in [-0.4, -0.2) is 44.2 Å². The zero-order valence-electron chi connectivity index (χ0n) is 16.3. The molecule has 0 aliphatic heterocycles. The summed E-state index contributed by atoms with van der Waals surface area (Å²) in [5.74, 6) is 0.128. The predicted molar refractivity (Wildman–Crippen MR) is 104 cm³/mol. The van der Waals surface area contributed by atoms with E-state index in [9.17, 15) is 13.6 Å². The molecule has 0 saturated heterocycles. The number of para-hydroxylation sites is 1. The number of likely N-dealkylation sites (N-methyl/N-ethyl adjacent to an activating group) is 1. The van der Waals surface area contributed by atoms with Crippen molar-refractivity contribution >= 4 is 5.91 Å². The molecule has 0 aliphatic rings. The Morgan fingerprint density at radius 2 is 1.82 bits per heavy atom.